The summed E-state index contributed by atoms with van der Waals surface area (Å²) in [5, 5.41) is 14.5. The van der Waals surface area contributed by atoms with E-state index in [1.54, 1.807) is 12.1 Å². The molecule has 2 rings (SSSR count). The normalized spacial score (nSPS) is 16.8. The molecule has 6 heteroatoms. The van der Waals surface area contributed by atoms with E-state index < -0.39 is 5.97 Å². The Bertz CT molecular complexity index is 521. The predicted octanol–water partition coefficient (Wildman–Crippen LogP) is 2.00. The van der Waals surface area contributed by atoms with Crippen molar-refractivity contribution in [2.75, 3.05) is 19.8 Å². The Morgan fingerprint density at radius 1 is 1.18 bits per heavy atom. The highest BCUT2D eigenvalue weighted by Crippen LogP contribution is 2.28. The van der Waals surface area contributed by atoms with Gasteiger partial charge in [0.15, 0.2) is 0 Å². The van der Waals surface area contributed by atoms with Crippen LogP contribution in [-0.4, -0.2) is 36.9 Å². The Kier molecular flexibility index (Phi) is 5.38. The van der Waals surface area contributed by atoms with E-state index in [-0.39, 0.29) is 17.0 Å². The SMILES string of the molecule is CC1(CNC(=O)NCc2ccc(C(=O)O)cc2)CCOCC1. The van der Waals surface area contributed by atoms with Gasteiger partial charge in [-0.25, -0.2) is 9.59 Å². The van der Waals surface area contributed by atoms with Crippen LogP contribution in [-0.2, 0) is 11.3 Å². The van der Waals surface area contributed by atoms with Gasteiger partial charge in [-0.1, -0.05) is 19.1 Å². The number of ether oxygens (including phenoxy) is 1. The molecule has 0 aliphatic carbocycles. The van der Waals surface area contributed by atoms with Crippen molar-refractivity contribution in [3.63, 3.8) is 0 Å². The third kappa shape index (κ3) is 4.73. The molecular formula is C16H22N2O4. The van der Waals surface area contributed by atoms with Gasteiger partial charge in [0.2, 0.25) is 0 Å². The number of carboxylic acids is 1. The van der Waals surface area contributed by atoms with Crippen molar-refractivity contribution in [2.24, 2.45) is 5.41 Å². The summed E-state index contributed by atoms with van der Waals surface area (Å²) in [7, 11) is 0. The highest BCUT2D eigenvalue weighted by Gasteiger charge is 2.27. The highest BCUT2D eigenvalue weighted by molar-refractivity contribution is 5.87. The van der Waals surface area contributed by atoms with Gasteiger partial charge in [-0.3, -0.25) is 0 Å². The molecule has 1 fully saturated rings. The molecule has 0 unspecified atom stereocenters. The van der Waals surface area contributed by atoms with Gasteiger partial charge in [-0.2, -0.15) is 0 Å². The first-order valence-corrected chi connectivity index (χ1v) is 7.40. The molecule has 3 N–H and O–H groups in total. The lowest BCUT2D eigenvalue weighted by Gasteiger charge is -2.33. The van der Waals surface area contributed by atoms with Crippen LogP contribution in [0.1, 0.15) is 35.7 Å². The maximum absolute atomic E-state index is 11.8. The number of carbonyl (C=O) groups is 2. The molecule has 1 aromatic rings. The molecule has 2 amide bonds. The summed E-state index contributed by atoms with van der Waals surface area (Å²) in [4.78, 5) is 22.6. The van der Waals surface area contributed by atoms with Gasteiger partial charge in [0.05, 0.1) is 5.56 Å². The van der Waals surface area contributed by atoms with Crippen LogP contribution in [0.2, 0.25) is 0 Å². The van der Waals surface area contributed by atoms with Crippen LogP contribution >= 0.6 is 0 Å². The first-order chi connectivity index (χ1) is 10.5. The molecule has 1 saturated heterocycles. The minimum atomic E-state index is -0.957. The van der Waals surface area contributed by atoms with Crippen LogP contribution < -0.4 is 10.6 Å². The van der Waals surface area contributed by atoms with E-state index in [0.29, 0.717) is 13.1 Å². The number of rotatable bonds is 5. The van der Waals surface area contributed by atoms with Crippen molar-refractivity contribution in [2.45, 2.75) is 26.3 Å². The molecule has 22 heavy (non-hydrogen) atoms. The second kappa shape index (κ2) is 7.26. The van der Waals surface area contributed by atoms with E-state index in [1.807, 2.05) is 0 Å². The van der Waals surface area contributed by atoms with Gasteiger partial charge in [-0.05, 0) is 36.0 Å². The molecule has 1 aliphatic heterocycles. The smallest absolute Gasteiger partial charge is 0.335 e. The lowest BCUT2D eigenvalue weighted by molar-refractivity contribution is 0.0252. The standard InChI is InChI=1S/C16H22N2O4/c1-16(6-8-22-9-7-16)11-18-15(21)17-10-12-2-4-13(5-3-12)14(19)20/h2-5H,6-11H2,1H3,(H,19,20)(H2,17,18,21). The van der Waals surface area contributed by atoms with E-state index in [1.165, 1.54) is 12.1 Å². The molecule has 1 aromatic carbocycles. The number of hydrogen-bond donors (Lipinski definition) is 3. The van der Waals surface area contributed by atoms with Crippen molar-refractivity contribution in [1.82, 2.24) is 10.6 Å². The van der Waals surface area contributed by atoms with E-state index >= 15 is 0 Å². The molecule has 0 atom stereocenters. The van der Waals surface area contributed by atoms with Gasteiger partial charge in [0.1, 0.15) is 0 Å². The first-order valence-electron chi connectivity index (χ1n) is 7.40. The molecule has 120 valence electrons. The first kappa shape index (κ1) is 16.3. The van der Waals surface area contributed by atoms with Gasteiger partial charge in [0.25, 0.3) is 0 Å². The van der Waals surface area contributed by atoms with Crippen LogP contribution in [0.15, 0.2) is 24.3 Å². The van der Waals surface area contributed by atoms with Crippen molar-refractivity contribution in [1.29, 1.82) is 0 Å². The minimum absolute atomic E-state index is 0.0960. The van der Waals surface area contributed by atoms with Crippen LogP contribution in [0.5, 0.6) is 0 Å². The Hall–Kier alpha value is -2.08. The lowest BCUT2D eigenvalue weighted by atomic mass is 9.82. The van der Waals surface area contributed by atoms with Gasteiger partial charge in [0, 0.05) is 26.3 Å². The van der Waals surface area contributed by atoms with Crippen molar-refractivity contribution < 1.29 is 19.4 Å². The Morgan fingerprint density at radius 2 is 1.82 bits per heavy atom. The van der Waals surface area contributed by atoms with Crippen LogP contribution in [0, 0.1) is 5.41 Å². The number of urea groups is 1. The van der Waals surface area contributed by atoms with Crippen molar-refractivity contribution in [3.05, 3.63) is 35.4 Å². The molecular weight excluding hydrogens is 284 g/mol. The fraction of sp³-hybridized carbons (Fsp3) is 0.500. The largest absolute Gasteiger partial charge is 0.478 e. The number of amides is 2. The zero-order valence-corrected chi connectivity index (χ0v) is 12.7. The number of benzene rings is 1. The summed E-state index contributed by atoms with van der Waals surface area (Å²) in [6.45, 7) is 4.64. The molecule has 0 aromatic heterocycles. The third-order valence-corrected chi connectivity index (χ3v) is 4.03. The summed E-state index contributed by atoms with van der Waals surface area (Å²) in [5.41, 5.74) is 1.19. The fourth-order valence-corrected chi connectivity index (χ4v) is 2.34. The summed E-state index contributed by atoms with van der Waals surface area (Å²) in [6.07, 6.45) is 1.90. The second-order valence-corrected chi connectivity index (χ2v) is 5.96. The monoisotopic (exact) mass is 306 g/mol. The second-order valence-electron chi connectivity index (χ2n) is 5.96. The summed E-state index contributed by atoms with van der Waals surface area (Å²) in [6, 6.07) is 6.24. The van der Waals surface area contributed by atoms with E-state index in [9.17, 15) is 9.59 Å². The van der Waals surface area contributed by atoms with Gasteiger partial charge < -0.3 is 20.5 Å². The number of carbonyl (C=O) groups excluding carboxylic acids is 1. The number of aromatic carboxylic acids is 1. The van der Waals surface area contributed by atoms with Crippen LogP contribution in [0.25, 0.3) is 0 Å². The quantitative estimate of drug-likeness (QED) is 0.776. The van der Waals surface area contributed by atoms with Crippen molar-refractivity contribution >= 4 is 12.0 Å². The fourth-order valence-electron chi connectivity index (χ4n) is 2.34. The molecule has 0 spiro atoms. The van der Waals surface area contributed by atoms with E-state index in [2.05, 4.69) is 17.6 Å². The minimum Gasteiger partial charge on any atom is -0.478 e. The molecule has 1 heterocycles. The predicted molar refractivity (Wildman–Crippen MR) is 81.8 cm³/mol. The number of carboxylic acid groups (broad SMARTS) is 1. The van der Waals surface area contributed by atoms with Gasteiger partial charge >= 0.3 is 12.0 Å². The third-order valence-electron chi connectivity index (χ3n) is 4.03. The number of nitrogens with one attached hydrogen (secondary N) is 2. The van der Waals surface area contributed by atoms with E-state index in [4.69, 9.17) is 9.84 Å². The van der Waals surface area contributed by atoms with Gasteiger partial charge in [-0.15, -0.1) is 0 Å². The summed E-state index contributed by atoms with van der Waals surface area (Å²) >= 11 is 0. The van der Waals surface area contributed by atoms with Crippen molar-refractivity contribution in [3.8, 4) is 0 Å². The van der Waals surface area contributed by atoms with Crippen LogP contribution in [0.3, 0.4) is 0 Å². The van der Waals surface area contributed by atoms with E-state index in [0.717, 1.165) is 31.6 Å². The highest BCUT2D eigenvalue weighted by atomic mass is 16.5. The molecule has 0 radical (unpaired) electrons. The molecule has 0 saturated carbocycles. The Balaban J connectivity index is 1.74. The Labute approximate surface area is 129 Å². The average molecular weight is 306 g/mol. The Morgan fingerprint density at radius 3 is 2.41 bits per heavy atom. The molecule has 6 nitrogen and oxygen atoms in total. The maximum atomic E-state index is 11.8. The number of hydrogen-bond acceptors (Lipinski definition) is 3. The molecule has 0 bridgehead atoms. The zero-order chi connectivity index (χ0) is 16.0. The lowest BCUT2D eigenvalue weighted by Crippen LogP contribution is -2.43. The summed E-state index contributed by atoms with van der Waals surface area (Å²) in [5.74, 6) is -0.957. The summed E-state index contributed by atoms with van der Waals surface area (Å²) < 4.78 is 5.33. The van der Waals surface area contributed by atoms with Crippen LogP contribution in [0.4, 0.5) is 4.79 Å². The average Bonchev–Trinajstić information content (AvgIpc) is 2.52. The molecule has 1 aliphatic rings. The topological polar surface area (TPSA) is 87.7 Å². The zero-order valence-electron chi connectivity index (χ0n) is 12.7. The maximum Gasteiger partial charge on any atom is 0.335 e.